The zero-order chi connectivity index (χ0) is 16.9. The maximum Gasteiger partial charge on any atom is 0.267 e. The van der Waals surface area contributed by atoms with Crippen molar-refractivity contribution in [2.45, 2.75) is 58.0 Å². The van der Waals surface area contributed by atoms with Crippen LogP contribution in [0.1, 0.15) is 43.4 Å². The highest BCUT2D eigenvalue weighted by atomic mass is 32.1. The van der Waals surface area contributed by atoms with Gasteiger partial charge in [0.25, 0.3) is 5.56 Å². The quantitative estimate of drug-likeness (QED) is 0.866. The number of amides is 1. The Morgan fingerprint density at radius 1 is 1.21 bits per heavy atom. The molecule has 2 heterocycles. The molecular formula is C18H23N3O2S. The van der Waals surface area contributed by atoms with Crippen molar-refractivity contribution in [1.29, 1.82) is 0 Å². The molecule has 128 valence electrons. The van der Waals surface area contributed by atoms with Gasteiger partial charge in [-0.2, -0.15) is 5.10 Å². The molecule has 1 saturated carbocycles. The van der Waals surface area contributed by atoms with Crippen LogP contribution in [0.5, 0.6) is 0 Å². The van der Waals surface area contributed by atoms with Crippen LogP contribution in [0.25, 0.3) is 10.6 Å². The lowest BCUT2D eigenvalue weighted by Gasteiger charge is -2.16. The summed E-state index contributed by atoms with van der Waals surface area (Å²) in [5, 5.41) is 7.42. The number of thiophene rings is 1. The Morgan fingerprint density at radius 3 is 2.62 bits per heavy atom. The number of hydrogen-bond donors (Lipinski definition) is 1. The summed E-state index contributed by atoms with van der Waals surface area (Å²) in [6, 6.07) is 7.45. The van der Waals surface area contributed by atoms with Crippen LogP contribution in [-0.4, -0.2) is 21.7 Å². The molecule has 0 unspecified atom stereocenters. The fraction of sp³-hybridized carbons (Fsp3) is 0.500. The first kappa shape index (κ1) is 16.9. The lowest BCUT2D eigenvalue weighted by atomic mass is 10.1. The van der Waals surface area contributed by atoms with Gasteiger partial charge in [0.05, 0.1) is 4.88 Å². The molecule has 5 nitrogen and oxygen atoms in total. The molecule has 6 heteroatoms. The van der Waals surface area contributed by atoms with Crippen LogP contribution >= 0.6 is 11.3 Å². The van der Waals surface area contributed by atoms with E-state index in [9.17, 15) is 9.59 Å². The molecule has 1 N–H and O–H groups in total. The van der Waals surface area contributed by atoms with Crippen molar-refractivity contribution in [3.8, 4) is 10.6 Å². The molecule has 0 spiro atoms. The monoisotopic (exact) mass is 345 g/mol. The molecule has 3 rings (SSSR count). The van der Waals surface area contributed by atoms with E-state index in [1.165, 1.54) is 28.5 Å². The summed E-state index contributed by atoms with van der Waals surface area (Å²) in [6.45, 7) is 2.01. The highest BCUT2D eigenvalue weighted by molar-refractivity contribution is 7.15. The Hall–Kier alpha value is -1.95. The van der Waals surface area contributed by atoms with Crippen molar-refractivity contribution in [3.63, 3.8) is 0 Å². The molecule has 0 bridgehead atoms. The number of nitrogens with one attached hydrogen (secondary N) is 1. The molecule has 2 aromatic heterocycles. The van der Waals surface area contributed by atoms with Gasteiger partial charge in [-0.25, -0.2) is 4.68 Å². The minimum Gasteiger partial charge on any atom is -0.352 e. The third-order valence-corrected chi connectivity index (χ3v) is 5.40. The summed E-state index contributed by atoms with van der Waals surface area (Å²) in [5.74, 6) is -0.129. The second-order valence-electron chi connectivity index (χ2n) is 6.38. The van der Waals surface area contributed by atoms with Crippen LogP contribution in [-0.2, 0) is 11.3 Å². The highest BCUT2D eigenvalue weighted by Crippen LogP contribution is 2.25. The Bertz CT molecular complexity index is 758. The molecule has 1 aliphatic rings. The fourth-order valence-corrected chi connectivity index (χ4v) is 3.93. The number of aryl methyl sites for hydroxylation is 1. The van der Waals surface area contributed by atoms with Gasteiger partial charge in [-0.05, 0) is 38.0 Å². The Labute approximate surface area is 145 Å². The highest BCUT2D eigenvalue weighted by Gasteiger charge is 2.16. The summed E-state index contributed by atoms with van der Waals surface area (Å²) in [7, 11) is 0. The predicted octanol–water partition coefficient (Wildman–Crippen LogP) is 3.12. The van der Waals surface area contributed by atoms with E-state index in [2.05, 4.69) is 10.4 Å². The minimum atomic E-state index is -0.247. The van der Waals surface area contributed by atoms with Crippen LogP contribution in [0.15, 0.2) is 29.1 Å². The molecule has 0 aliphatic heterocycles. The first-order valence-electron chi connectivity index (χ1n) is 8.56. The second-order valence-corrected chi connectivity index (χ2v) is 7.67. The summed E-state index contributed by atoms with van der Waals surface area (Å²) < 4.78 is 1.26. The Morgan fingerprint density at radius 2 is 1.96 bits per heavy atom. The van der Waals surface area contributed by atoms with Crippen molar-refractivity contribution < 1.29 is 4.79 Å². The zero-order valence-corrected chi connectivity index (χ0v) is 14.8. The molecule has 0 radical (unpaired) electrons. The average Bonchev–Trinajstić information content (AvgIpc) is 2.82. The third-order valence-electron chi connectivity index (χ3n) is 4.37. The van der Waals surface area contributed by atoms with Crippen molar-refractivity contribution in [1.82, 2.24) is 15.1 Å². The topological polar surface area (TPSA) is 64.0 Å². The maximum atomic E-state index is 12.3. The van der Waals surface area contributed by atoms with E-state index in [0.717, 1.165) is 36.3 Å². The van der Waals surface area contributed by atoms with Crippen LogP contribution in [0.4, 0.5) is 0 Å². The first-order chi connectivity index (χ1) is 11.6. The third kappa shape index (κ3) is 4.32. The van der Waals surface area contributed by atoms with E-state index < -0.39 is 0 Å². The molecule has 1 aliphatic carbocycles. The summed E-state index contributed by atoms with van der Waals surface area (Å²) in [6.07, 6.45) is 6.88. The zero-order valence-electron chi connectivity index (χ0n) is 14.0. The number of carbonyl (C=O) groups is 1. The van der Waals surface area contributed by atoms with Crippen molar-refractivity contribution in [3.05, 3.63) is 39.5 Å². The van der Waals surface area contributed by atoms with Gasteiger partial charge in [0.15, 0.2) is 0 Å². The molecule has 2 aromatic rings. The molecule has 0 atom stereocenters. The Balaban J connectivity index is 1.69. The maximum absolute atomic E-state index is 12.3. The Kier molecular flexibility index (Phi) is 5.45. The van der Waals surface area contributed by atoms with Gasteiger partial charge in [0, 0.05) is 17.0 Å². The smallest absolute Gasteiger partial charge is 0.267 e. The van der Waals surface area contributed by atoms with Crippen LogP contribution in [0.2, 0.25) is 0 Å². The molecule has 0 saturated heterocycles. The normalized spacial score (nSPS) is 15.9. The van der Waals surface area contributed by atoms with Gasteiger partial charge in [-0.3, -0.25) is 9.59 Å². The van der Waals surface area contributed by atoms with Gasteiger partial charge in [-0.1, -0.05) is 25.7 Å². The van der Waals surface area contributed by atoms with E-state index in [4.69, 9.17) is 0 Å². The summed E-state index contributed by atoms with van der Waals surface area (Å²) in [5.41, 5.74) is 0.484. The lowest BCUT2D eigenvalue weighted by molar-refractivity contribution is -0.122. The van der Waals surface area contributed by atoms with Crippen molar-refractivity contribution in [2.75, 3.05) is 0 Å². The van der Waals surface area contributed by atoms with E-state index in [1.54, 1.807) is 17.4 Å². The number of aromatic nitrogens is 2. The van der Waals surface area contributed by atoms with E-state index in [0.29, 0.717) is 0 Å². The van der Waals surface area contributed by atoms with Gasteiger partial charge in [-0.15, -0.1) is 11.3 Å². The van der Waals surface area contributed by atoms with Gasteiger partial charge < -0.3 is 5.32 Å². The van der Waals surface area contributed by atoms with Crippen molar-refractivity contribution >= 4 is 17.2 Å². The van der Waals surface area contributed by atoms with Crippen LogP contribution in [0, 0.1) is 6.92 Å². The number of rotatable bonds is 4. The van der Waals surface area contributed by atoms with Gasteiger partial charge in [0.1, 0.15) is 12.2 Å². The first-order valence-corrected chi connectivity index (χ1v) is 9.38. The molecule has 0 aromatic carbocycles. The number of hydrogen-bond acceptors (Lipinski definition) is 4. The molecule has 1 fully saturated rings. The molecule has 24 heavy (non-hydrogen) atoms. The number of carbonyl (C=O) groups excluding carboxylic acids is 1. The van der Waals surface area contributed by atoms with Gasteiger partial charge in [0.2, 0.25) is 5.91 Å². The lowest BCUT2D eigenvalue weighted by Crippen LogP contribution is -2.39. The van der Waals surface area contributed by atoms with E-state index >= 15 is 0 Å². The second kappa shape index (κ2) is 7.75. The van der Waals surface area contributed by atoms with E-state index in [-0.39, 0.29) is 24.1 Å². The standard InChI is InChI=1S/C18H23N3O2S/c1-13-8-10-16(24-13)15-9-11-18(23)21(20-15)12-17(22)19-14-6-4-2-3-5-7-14/h8-11,14H,2-7,12H2,1H3,(H,19,22). The summed E-state index contributed by atoms with van der Waals surface area (Å²) >= 11 is 1.63. The van der Waals surface area contributed by atoms with E-state index in [1.807, 2.05) is 19.1 Å². The van der Waals surface area contributed by atoms with Gasteiger partial charge >= 0.3 is 0 Å². The SMILES string of the molecule is Cc1ccc(-c2ccc(=O)n(CC(=O)NC3CCCCCC3)n2)s1. The predicted molar refractivity (Wildman–Crippen MR) is 96.2 cm³/mol. The van der Waals surface area contributed by atoms with Crippen LogP contribution in [0.3, 0.4) is 0 Å². The largest absolute Gasteiger partial charge is 0.352 e. The summed E-state index contributed by atoms with van der Waals surface area (Å²) in [4.78, 5) is 26.5. The van der Waals surface area contributed by atoms with Crippen LogP contribution < -0.4 is 10.9 Å². The minimum absolute atomic E-state index is 0.0203. The number of nitrogens with zero attached hydrogens (tertiary/aromatic N) is 2. The molecule has 1 amide bonds. The average molecular weight is 345 g/mol. The van der Waals surface area contributed by atoms with Crippen molar-refractivity contribution in [2.24, 2.45) is 0 Å². The molecular weight excluding hydrogens is 322 g/mol. The fourth-order valence-electron chi connectivity index (χ4n) is 3.10.